The summed E-state index contributed by atoms with van der Waals surface area (Å²) < 4.78 is 0. The fraction of sp³-hybridized carbons (Fsp3) is 1.00. The Morgan fingerprint density at radius 2 is 1.65 bits per heavy atom. The van der Waals surface area contributed by atoms with Crippen LogP contribution in [0.5, 0.6) is 0 Å². The summed E-state index contributed by atoms with van der Waals surface area (Å²) >= 11 is 0. The first-order chi connectivity index (χ1) is 8.33. The third-order valence-electron chi connectivity index (χ3n) is 4.67. The Kier molecular flexibility index (Phi) is 3.66. The Morgan fingerprint density at radius 1 is 0.882 bits per heavy atom. The molecule has 3 heterocycles. The van der Waals surface area contributed by atoms with E-state index in [2.05, 4.69) is 27.1 Å². The quantitative estimate of drug-likeness (QED) is 0.711. The zero-order valence-corrected chi connectivity index (χ0v) is 11.1. The van der Waals surface area contributed by atoms with Crippen molar-refractivity contribution in [1.82, 2.24) is 20.0 Å². The van der Waals surface area contributed by atoms with E-state index in [9.17, 15) is 0 Å². The average molecular weight is 238 g/mol. The van der Waals surface area contributed by atoms with Gasteiger partial charge in [-0.15, -0.1) is 0 Å². The lowest BCUT2D eigenvalue weighted by Crippen LogP contribution is -2.66. The number of hydrogen-bond acceptors (Lipinski definition) is 4. The van der Waals surface area contributed by atoms with E-state index in [1.165, 1.54) is 65.2 Å². The summed E-state index contributed by atoms with van der Waals surface area (Å²) in [6.45, 7) is 10.1. The summed E-state index contributed by atoms with van der Waals surface area (Å²) in [4.78, 5) is 7.88. The van der Waals surface area contributed by atoms with Crippen LogP contribution in [0, 0.1) is 0 Å². The summed E-state index contributed by atoms with van der Waals surface area (Å²) in [5.74, 6) is 0. The molecule has 0 aromatic carbocycles. The number of likely N-dealkylation sites (tertiary alicyclic amines) is 2. The van der Waals surface area contributed by atoms with Crippen LogP contribution < -0.4 is 5.32 Å². The number of likely N-dealkylation sites (N-methyl/N-ethyl adjacent to an activating group) is 1. The molecule has 0 aromatic heterocycles. The van der Waals surface area contributed by atoms with Gasteiger partial charge < -0.3 is 10.2 Å². The second kappa shape index (κ2) is 5.22. The van der Waals surface area contributed by atoms with Crippen LogP contribution in [0.1, 0.15) is 12.8 Å². The van der Waals surface area contributed by atoms with Crippen molar-refractivity contribution in [1.29, 1.82) is 0 Å². The zero-order chi connectivity index (χ0) is 11.7. The highest BCUT2D eigenvalue weighted by Crippen LogP contribution is 2.23. The molecule has 3 rings (SSSR count). The van der Waals surface area contributed by atoms with Crippen LogP contribution >= 0.6 is 0 Å². The van der Waals surface area contributed by atoms with Gasteiger partial charge in [0, 0.05) is 57.9 Å². The van der Waals surface area contributed by atoms with Crippen molar-refractivity contribution in [2.75, 3.05) is 59.4 Å². The molecule has 1 N–H and O–H groups in total. The number of piperazine rings is 1. The molecule has 3 aliphatic rings. The Morgan fingerprint density at radius 3 is 2.35 bits per heavy atom. The first kappa shape index (κ1) is 11.9. The predicted molar refractivity (Wildman–Crippen MR) is 70.3 cm³/mol. The summed E-state index contributed by atoms with van der Waals surface area (Å²) in [6.07, 6.45) is 2.80. The highest BCUT2D eigenvalue weighted by molar-refractivity contribution is 4.94. The standard InChI is InChI=1S/C13H26N4/c1-15-6-2-3-12(9-15)17-10-13(11-17)16-7-4-14-5-8-16/h12-14H,2-11H2,1H3. The number of rotatable bonds is 2. The van der Waals surface area contributed by atoms with E-state index < -0.39 is 0 Å². The van der Waals surface area contributed by atoms with Gasteiger partial charge >= 0.3 is 0 Å². The number of nitrogens with zero attached hydrogens (tertiary/aromatic N) is 3. The van der Waals surface area contributed by atoms with Crippen LogP contribution in [0.3, 0.4) is 0 Å². The van der Waals surface area contributed by atoms with Crippen LogP contribution in [0.25, 0.3) is 0 Å². The number of hydrogen-bond donors (Lipinski definition) is 1. The van der Waals surface area contributed by atoms with Crippen LogP contribution in [-0.2, 0) is 0 Å². The van der Waals surface area contributed by atoms with Crippen molar-refractivity contribution in [3.8, 4) is 0 Å². The molecule has 4 nitrogen and oxygen atoms in total. The van der Waals surface area contributed by atoms with Crippen LogP contribution in [-0.4, -0.2) is 86.2 Å². The Bertz CT molecular complexity index is 246. The maximum absolute atomic E-state index is 3.44. The van der Waals surface area contributed by atoms with Gasteiger partial charge in [0.1, 0.15) is 0 Å². The van der Waals surface area contributed by atoms with Crippen LogP contribution in [0.2, 0.25) is 0 Å². The van der Waals surface area contributed by atoms with E-state index in [4.69, 9.17) is 0 Å². The minimum Gasteiger partial charge on any atom is -0.314 e. The van der Waals surface area contributed by atoms with Crippen molar-refractivity contribution in [2.45, 2.75) is 24.9 Å². The molecule has 0 bridgehead atoms. The smallest absolute Gasteiger partial charge is 0.0351 e. The number of nitrogens with one attached hydrogen (secondary N) is 1. The van der Waals surface area contributed by atoms with Gasteiger partial charge in [0.05, 0.1) is 0 Å². The van der Waals surface area contributed by atoms with Gasteiger partial charge in [-0.3, -0.25) is 9.80 Å². The van der Waals surface area contributed by atoms with Crippen molar-refractivity contribution >= 4 is 0 Å². The minimum absolute atomic E-state index is 0.841. The lowest BCUT2D eigenvalue weighted by atomic mass is 9.97. The van der Waals surface area contributed by atoms with Crippen molar-refractivity contribution < 1.29 is 0 Å². The lowest BCUT2D eigenvalue weighted by molar-refractivity contribution is -0.0187. The Hall–Kier alpha value is -0.160. The zero-order valence-electron chi connectivity index (χ0n) is 11.1. The molecule has 0 spiro atoms. The van der Waals surface area contributed by atoms with E-state index in [-0.39, 0.29) is 0 Å². The van der Waals surface area contributed by atoms with Crippen LogP contribution in [0.4, 0.5) is 0 Å². The molecule has 4 heteroatoms. The fourth-order valence-electron chi connectivity index (χ4n) is 3.50. The van der Waals surface area contributed by atoms with Gasteiger partial charge in [-0.1, -0.05) is 0 Å². The van der Waals surface area contributed by atoms with E-state index >= 15 is 0 Å². The molecule has 3 fully saturated rings. The molecule has 1 unspecified atom stereocenters. The second-order valence-electron chi connectivity index (χ2n) is 5.95. The molecule has 0 amide bonds. The van der Waals surface area contributed by atoms with Gasteiger partial charge in [0.2, 0.25) is 0 Å². The SMILES string of the molecule is CN1CCCC(N2CC(N3CCNCC3)C2)C1. The third kappa shape index (κ3) is 2.65. The Labute approximate surface area is 105 Å². The van der Waals surface area contributed by atoms with E-state index in [0.29, 0.717) is 0 Å². The highest BCUT2D eigenvalue weighted by Gasteiger charge is 2.36. The third-order valence-corrected chi connectivity index (χ3v) is 4.67. The molecule has 0 radical (unpaired) electrons. The van der Waals surface area contributed by atoms with E-state index in [0.717, 1.165) is 12.1 Å². The van der Waals surface area contributed by atoms with Crippen LogP contribution in [0.15, 0.2) is 0 Å². The summed E-state index contributed by atoms with van der Waals surface area (Å²) in [5, 5.41) is 3.44. The second-order valence-corrected chi connectivity index (χ2v) is 5.95. The maximum atomic E-state index is 3.44. The van der Waals surface area contributed by atoms with Crippen molar-refractivity contribution in [2.24, 2.45) is 0 Å². The van der Waals surface area contributed by atoms with E-state index in [1.54, 1.807) is 0 Å². The molecule has 3 saturated heterocycles. The van der Waals surface area contributed by atoms with Gasteiger partial charge in [-0.25, -0.2) is 0 Å². The van der Waals surface area contributed by atoms with Gasteiger partial charge in [0.25, 0.3) is 0 Å². The minimum atomic E-state index is 0.841. The molecule has 0 aromatic rings. The summed E-state index contributed by atoms with van der Waals surface area (Å²) in [5.41, 5.74) is 0. The van der Waals surface area contributed by atoms with Gasteiger partial charge in [-0.05, 0) is 26.4 Å². The molecule has 1 atom stereocenters. The predicted octanol–water partition coefficient (Wildman–Crippen LogP) is -0.330. The molecule has 0 saturated carbocycles. The van der Waals surface area contributed by atoms with Crippen molar-refractivity contribution in [3.63, 3.8) is 0 Å². The molecule has 3 aliphatic heterocycles. The normalized spacial score (nSPS) is 34.8. The molecular weight excluding hydrogens is 212 g/mol. The molecular formula is C13H26N4. The monoisotopic (exact) mass is 238 g/mol. The van der Waals surface area contributed by atoms with Crippen molar-refractivity contribution in [3.05, 3.63) is 0 Å². The van der Waals surface area contributed by atoms with Gasteiger partial charge in [-0.2, -0.15) is 0 Å². The number of piperidine rings is 1. The molecule has 17 heavy (non-hydrogen) atoms. The first-order valence-electron chi connectivity index (χ1n) is 7.20. The Balaban J connectivity index is 1.44. The maximum Gasteiger partial charge on any atom is 0.0351 e. The first-order valence-corrected chi connectivity index (χ1v) is 7.20. The average Bonchev–Trinajstić information content (AvgIpc) is 2.28. The summed E-state index contributed by atoms with van der Waals surface area (Å²) in [7, 11) is 2.26. The topological polar surface area (TPSA) is 21.8 Å². The lowest BCUT2D eigenvalue weighted by Gasteiger charge is -2.51. The molecule has 0 aliphatic carbocycles. The highest BCUT2D eigenvalue weighted by atomic mass is 15.4. The molecule has 98 valence electrons. The fourth-order valence-corrected chi connectivity index (χ4v) is 3.50. The largest absolute Gasteiger partial charge is 0.314 e. The van der Waals surface area contributed by atoms with Gasteiger partial charge in [0.15, 0.2) is 0 Å². The summed E-state index contributed by atoms with van der Waals surface area (Å²) in [6, 6.07) is 1.69. The van der Waals surface area contributed by atoms with E-state index in [1.807, 2.05) is 0 Å².